The van der Waals surface area contributed by atoms with Gasteiger partial charge in [0, 0.05) is 22.8 Å². The lowest BCUT2D eigenvalue weighted by atomic mass is 10.0. The van der Waals surface area contributed by atoms with Gasteiger partial charge in [-0.3, -0.25) is 28.7 Å². The van der Waals surface area contributed by atoms with Gasteiger partial charge < -0.3 is 0 Å². The van der Waals surface area contributed by atoms with Gasteiger partial charge in [0.05, 0.1) is 16.6 Å². The van der Waals surface area contributed by atoms with Gasteiger partial charge in [-0.1, -0.05) is 6.07 Å². The van der Waals surface area contributed by atoms with E-state index in [4.69, 9.17) is 0 Å². The molecule has 0 bridgehead atoms. The van der Waals surface area contributed by atoms with Crippen LogP contribution in [0.1, 0.15) is 33.0 Å². The van der Waals surface area contributed by atoms with Crippen LogP contribution >= 0.6 is 15.9 Å². The predicted molar refractivity (Wildman–Crippen MR) is 119 cm³/mol. The Morgan fingerprint density at radius 2 is 1.77 bits per heavy atom. The van der Waals surface area contributed by atoms with Gasteiger partial charge in [0.25, 0.3) is 11.1 Å². The van der Waals surface area contributed by atoms with Crippen LogP contribution in [0.4, 0.5) is 0 Å². The SMILES string of the molecule is Cc1ccc(-n2c(C)nc3ccc(C(=O)c4c(C)[nH]n(C)c4=O)cc3c2=O)c(Br)c1. The van der Waals surface area contributed by atoms with Crippen molar-refractivity contribution in [2.24, 2.45) is 7.05 Å². The van der Waals surface area contributed by atoms with Gasteiger partial charge in [-0.05, 0) is 72.6 Å². The molecule has 1 N–H and O–H groups in total. The molecule has 0 fully saturated rings. The second-order valence-electron chi connectivity index (χ2n) is 7.29. The Labute approximate surface area is 180 Å². The van der Waals surface area contributed by atoms with Crippen LogP contribution in [-0.4, -0.2) is 25.1 Å². The number of ketones is 1. The molecule has 0 amide bonds. The molecule has 0 aliphatic heterocycles. The van der Waals surface area contributed by atoms with Gasteiger partial charge in [0.2, 0.25) is 0 Å². The van der Waals surface area contributed by atoms with E-state index < -0.39 is 11.3 Å². The summed E-state index contributed by atoms with van der Waals surface area (Å²) in [5, 5.41) is 3.13. The maximum atomic E-state index is 13.4. The average molecular weight is 467 g/mol. The molecule has 0 radical (unpaired) electrons. The minimum absolute atomic E-state index is 0.0681. The fourth-order valence-corrected chi connectivity index (χ4v) is 4.28. The number of nitrogens with zero attached hydrogens (tertiary/aromatic N) is 3. The quantitative estimate of drug-likeness (QED) is 0.468. The third-order valence-corrected chi connectivity index (χ3v) is 5.73. The van der Waals surface area contributed by atoms with Crippen molar-refractivity contribution in [3.8, 4) is 5.69 Å². The zero-order valence-corrected chi connectivity index (χ0v) is 18.5. The highest BCUT2D eigenvalue weighted by Gasteiger charge is 2.21. The van der Waals surface area contributed by atoms with Gasteiger partial charge in [0.1, 0.15) is 11.4 Å². The number of aromatic nitrogens is 4. The van der Waals surface area contributed by atoms with Crippen LogP contribution < -0.4 is 11.1 Å². The number of fused-ring (bicyclic) bond motifs is 1. The molecule has 4 aromatic rings. The fourth-order valence-electron chi connectivity index (χ4n) is 3.61. The van der Waals surface area contributed by atoms with Crippen LogP contribution in [0.2, 0.25) is 0 Å². The number of hydrogen-bond acceptors (Lipinski definition) is 4. The summed E-state index contributed by atoms with van der Waals surface area (Å²) in [4.78, 5) is 43.2. The summed E-state index contributed by atoms with van der Waals surface area (Å²) in [6, 6.07) is 10.4. The zero-order valence-electron chi connectivity index (χ0n) is 16.9. The highest BCUT2D eigenvalue weighted by molar-refractivity contribution is 9.10. The number of benzene rings is 2. The normalized spacial score (nSPS) is 11.2. The van der Waals surface area contributed by atoms with Crippen molar-refractivity contribution in [3.63, 3.8) is 0 Å². The number of H-pyrrole nitrogens is 1. The molecule has 152 valence electrons. The third kappa shape index (κ3) is 3.13. The highest BCUT2D eigenvalue weighted by atomic mass is 79.9. The molecule has 0 atom stereocenters. The van der Waals surface area contributed by atoms with E-state index in [9.17, 15) is 14.4 Å². The number of nitrogens with one attached hydrogen (secondary N) is 1. The first-order valence-electron chi connectivity index (χ1n) is 9.29. The molecule has 0 saturated heterocycles. The number of rotatable bonds is 3. The largest absolute Gasteiger partial charge is 0.299 e. The first-order chi connectivity index (χ1) is 14.2. The monoisotopic (exact) mass is 466 g/mol. The maximum absolute atomic E-state index is 13.4. The van der Waals surface area contributed by atoms with Crippen molar-refractivity contribution in [1.82, 2.24) is 19.3 Å². The lowest BCUT2D eigenvalue weighted by molar-refractivity contribution is 0.103. The van der Waals surface area contributed by atoms with Crippen molar-refractivity contribution in [1.29, 1.82) is 0 Å². The maximum Gasteiger partial charge on any atom is 0.277 e. The van der Waals surface area contributed by atoms with Crippen molar-refractivity contribution in [2.45, 2.75) is 20.8 Å². The number of aryl methyl sites for hydroxylation is 4. The van der Waals surface area contributed by atoms with E-state index >= 15 is 0 Å². The number of carbonyl (C=O) groups is 1. The van der Waals surface area contributed by atoms with Gasteiger partial charge in [-0.15, -0.1) is 0 Å². The van der Waals surface area contributed by atoms with E-state index in [1.807, 2.05) is 25.1 Å². The summed E-state index contributed by atoms with van der Waals surface area (Å²) in [6.07, 6.45) is 0. The number of halogens is 1. The van der Waals surface area contributed by atoms with E-state index in [2.05, 4.69) is 26.0 Å². The van der Waals surface area contributed by atoms with E-state index in [1.165, 1.54) is 15.3 Å². The van der Waals surface area contributed by atoms with Gasteiger partial charge in [0.15, 0.2) is 5.78 Å². The lowest BCUT2D eigenvalue weighted by Crippen LogP contribution is -2.23. The number of hydrogen-bond donors (Lipinski definition) is 1. The summed E-state index contributed by atoms with van der Waals surface area (Å²) in [5.41, 5.74) is 2.35. The molecule has 7 nitrogen and oxygen atoms in total. The molecular weight excluding hydrogens is 448 g/mol. The second-order valence-corrected chi connectivity index (χ2v) is 8.15. The van der Waals surface area contributed by atoms with Crippen LogP contribution in [0.25, 0.3) is 16.6 Å². The molecule has 2 aromatic heterocycles. The van der Waals surface area contributed by atoms with Crippen LogP contribution in [0.3, 0.4) is 0 Å². The Kier molecular flexibility index (Phi) is 4.82. The number of carbonyl (C=O) groups excluding carboxylic acids is 1. The zero-order chi connectivity index (χ0) is 21.7. The van der Waals surface area contributed by atoms with Crippen LogP contribution in [-0.2, 0) is 7.05 Å². The Bertz CT molecular complexity index is 1460. The lowest BCUT2D eigenvalue weighted by Gasteiger charge is -2.13. The Morgan fingerprint density at radius 3 is 2.40 bits per heavy atom. The topological polar surface area (TPSA) is 89.8 Å². The standard InChI is InChI=1S/C22H19BrN4O3/c1-11-5-8-18(16(23)9-11)27-13(3)24-17-7-6-14(10-15(17)21(27)29)20(28)19-12(2)25-26(4)22(19)30/h5-10,25H,1-4H3. The molecule has 0 unspecified atom stereocenters. The molecular formula is C22H19BrN4O3. The van der Waals surface area contributed by atoms with Gasteiger partial charge in [-0.2, -0.15) is 0 Å². The average Bonchev–Trinajstić information content (AvgIpc) is 2.94. The Balaban J connectivity index is 1.94. The summed E-state index contributed by atoms with van der Waals surface area (Å²) in [5.74, 6) is 0.103. The molecule has 0 saturated carbocycles. The van der Waals surface area contributed by atoms with Crippen molar-refractivity contribution >= 4 is 32.6 Å². The summed E-state index contributed by atoms with van der Waals surface area (Å²) in [6.45, 7) is 5.40. The van der Waals surface area contributed by atoms with E-state index in [-0.39, 0.29) is 16.7 Å². The molecule has 8 heteroatoms. The van der Waals surface area contributed by atoms with Crippen LogP contribution in [0, 0.1) is 20.8 Å². The van der Waals surface area contributed by atoms with Crippen molar-refractivity contribution in [3.05, 3.63) is 89.8 Å². The van der Waals surface area contributed by atoms with E-state index in [1.54, 1.807) is 33.0 Å². The first-order valence-corrected chi connectivity index (χ1v) is 10.1. The molecule has 4 rings (SSSR count). The summed E-state index contributed by atoms with van der Waals surface area (Å²) in [7, 11) is 1.55. The van der Waals surface area contributed by atoms with Gasteiger partial charge in [-0.25, -0.2) is 4.98 Å². The summed E-state index contributed by atoms with van der Waals surface area (Å²) < 4.78 is 3.55. The van der Waals surface area contributed by atoms with Crippen molar-refractivity contribution in [2.75, 3.05) is 0 Å². The molecule has 0 spiro atoms. The Morgan fingerprint density at radius 1 is 1.03 bits per heavy atom. The van der Waals surface area contributed by atoms with Crippen LogP contribution in [0.5, 0.6) is 0 Å². The summed E-state index contributed by atoms with van der Waals surface area (Å²) >= 11 is 3.52. The van der Waals surface area contributed by atoms with E-state index in [0.29, 0.717) is 28.1 Å². The fraction of sp³-hybridized carbons (Fsp3) is 0.182. The molecule has 0 aliphatic carbocycles. The molecule has 2 aromatic carbocycles. The second kappa shape index (κ2) is 7.21. The molecule has 30 heavy (non-hydrogen) atoms. The van der Waals surface area contributed by atoms with Crippen LogP contribution in [0.15, 0.2) is 50.5 Å². The Hall–Kier alpha value is -3.26. The highest BCUT2D eigenvalue weighted by Crippen LogP contribution is 2.23. The minimum Gasteiger partial charge on any atom is -0.299 e. The number of aromatic amines is 1. The smallest absolute Gasteiger partial charge is 0.277 e. The first kappa shape index (κ1) is 20.0. The van der Waals surface area contributed by atoms with Crippen molar-refractivity contribution < 1.29 is 4.79 Å². The minimum atomic E-state index is -0.431. The van der Waals surface area contributed by atoms with E-state index in [0.717, 1.165) is 10.0 Å². The molecule has 2 heterocycles. The predicted octanol–water partition coefficient (Wildman–Crippen LogP) is 3.33. The molecule has 0 aliphatic rings. The van der Waals surface area contributed by atoms with Gasteiger partial charge >= 0.3 is 0 Å². The third-order valence-electron chi connectivity index (χ3n) is 5.10.